The van der Waals surface area contributed by atoms with Crippen molar-refractivity contribution in [2.24, 2.45) is 0 Å². The van der Waals surface area contributed by atoms with Crippen LogP contribution in [0.1, 0.15) is 18.4 Å². The number of nitrogens with one attached hydrogen (secondary N) is 1. The molecule has 4 rings (SSSR count). The van der Waals surface area contributed by atoms with E-state index in [0.29, 0.717) is 10.8 Å². The van der Waals surface area contributed by atoms with Crippen LogP contribution >= 0.6 is 11.6 Å². The zero-order valence-electron chi connectivity index (χ0n) is 12.1. The number of rotatable bonds is 1. The molecule has 0 aliphatic carbocycles. The predicted molar refractivity (Wildman–Crippen MR) is 86.6 cm³/mol. The number of amides is 1. The lowest BCUT2D eigenvalue weighted by Gasteiger charge is -2.32. The van der Waals surface area contributed by atoms with Gasteiger partial charge >= 0.3 is 0 Å². The van der Waals surface area contributed by atoms with Crippen LogP contribution in [0.5, 0.6) is 0 Å². The fraction of sp³-hybridized carbons (Fsp3) is 0.294. The molecule has 1 saturated heterocycles. The first-order chi connectivity index (χ1) is 10.7. The Hall–Kier alpha value is -1.91. The number of nitrogens with zero attached hydrogens (tertiary/aromatic N) is 2. The molecule has 1 spiro atoms. The van der Waals surface area contributed by atoms with Crippen LogP contribution in [-0.2, 0) is 10.2 Å². The molecular weight excluding hydrogens is 298 g/mol. The number of pyridine rings is 1. The molecule has 4 nitrogen and oxygen atoms in total. The monoisotopic (exact) mass is 313 g/mol. The van der Waals surface area contributed by atoms with E-state index in [1.54, 1.807) is 23.2 Å². The van der Waals surface area contributed by atoms with Crippen LogP contribution in [-0.4, -0.2) is 24.0 Å². The molecule has 2 aliphatic rings. The number of hydrogen-bond acceptors (Lipinski definition) is 3. The Morgan fingerprint density at radius 2 is 1.91 bits per heavy atom. The topological polar surface area (TPSA) is 45.2 Å². The summed E-state index contributed by atoms with van der Waals surface area (Å²) in [4.78, 5) is 19.3. The van der Waals surface area contributed by atoms with E-state index in [1.807, 2.05) is 18.2 Å². The SMILES string of the molecule is O=C1N(c2ncccc2Cl)c2ccccc2C12CCNCC2. The fourth-order valence-electron chi connectivity index (χ4n) is 3.60. The second-order valence-electron chi connectivity index (χ2n) is 5.80. The molecule has 1 aromatic carbocycles. The molecule has 0 bridgehead atoms. The molecule has 0 saturated carbocycles. The van der Waals surface area contributed by atoms with E-state index in [2.05, 4.69) is 16.4 Å². The summed E-state index contributed by atoms with van der Waals surface area (Å²) in [7, 11) is 0. The van der Waals surface area contributed by atoms with Crippen LogP contribution in [0.15, 0.2) is 42.6 Å². The molecule has 1 aromatic heterocycles. The fourth-order valence-corrected chi connectivity index (χ4v) is 3.81. The number of carbonyl (C=O) groups is 1. The molecular formula is C17H16ClN3O. The van der Waals surface area contributed by atoms with Crippen LogP contribution in [0.4, 0.5) is 11.5 Å². The first-order valence-electron chi connectivity index (χ1n) is 7.49. The lowest BCUT2D eigenvalue weighted by Crippen LogP contribution is -2.46. The van der Waals surface area contributed by atoms with Crippen molar-refractivity contribution in [3.8, 4) is 0 Å². The summed E-state index contributed by atoms with van der Waals surface area (Å²) in [5.41, 5.74) is 1.57. The Morgan fingerprint density at radius 3 is 2.68 bits per heavy atom. The molecule has 3 heterocycles. The van der Waals surface area contributed by atoms with Crippen molar-refractivity contribution < 1.29 is 4.79 Å². The number of para-hydroxylation sites is 1. The molecule has 1 N–H and O–H groups in total. The van der Waals surface area contributed by atoms with Crippen molar-refractivity contribution >= 4 is 29.0 Å². The highest BCUT2D eigenvalue weighted by Crippen LogP contribution is 2.50. The quantitative estimate of drug-likeness (QED) is 0.880. The second-order valence-corrected chi connectivity index (χ2v) is 6.21. The van der Waals surface area contributed by atoms with Gasteiger partial charge in [-0.2, -0.15) is 0 Å². The molecule has 22 heavy (non-hydrogen) atoms. The van der Waals surface area contributed by atoms with Crippen molar-refractivity contribution in [1.29, 1.82) is 0 Å². The van der Waals surface area contributed by atoms with Gasteiger partial charge in [0.25, 0.3) is 0 Å². The Labute approximate surface area is 134 Å². The second kappa shape index (κ2) is 5.07. The van der Waals surface area contributed by atoms with Crippen LogP contribution in [0.2, 0.25) is 5.02 Å². The number of benzene rings is 1. The van der Waals surface area contributed by atoms with Crippen LogP contribution < -0.4 is 10.2 Å². The number of hydrogen-bond donors (Lipinski definition) is 1. The molecule has 0 atom stereocenters. The van der Waals surface area contributed by atoms with E-state index in [0.717, 1.165) is 37.2 Å². The van der Waals surface area contributed by atoms with Gasteiger partial charge in [0.15, 0.2) is 5.82 Å². The first-order valence-corrected chi connectivity index (χ1v) is 7.87. The Kier molecular flexibility index (Phi) is 3.17. The highest BCUT2D eigenvalue weighted by atomic mass is 35.5. The Bertz CT molecular complexity index is 740. The minimum atomic E-state index is -0.442. The average molecular weight is 314 g/mol. The third-order valence-electron chi connectivity index (χ3n) is 4.68. The van der Waals surface area contributed by atoms with Crippen molar-refractivity contribution in [2.75, 3.05) is 18.0 Å². The van der Waals surface area contributed by atoms with Gasteiger partial charge in [-0.05, 0) is 49.7 Å². The lowest BCUT2D eigenvalue weighted by molar-refractivity contribution is -0.123. The standard InChI is InChI=1S/C17H16ClN3O/c18-13-5-3-9-20-15(13)21-14-6-2-1-4-12(14)17(16(21)22)7-10-19-11-8-17/h1-6,9,19H,7-8,10-11H2. The summed E-state index contributed by atoms with van der Waals surface area (Å²) in [6.45, 7) is 1.70. The molecule has 5 heteroatoms. The van der Waals surface area contributed by atoms with E-state index in [1.165, 1.54) is 0 Å². The highest BCUT2D eigenvalue weighted by molar-refractivity contribution is 6.34. The largest absolute Gasteiger partial charge is 0.317 e. The van der Waals surface area contributed by atoms with Gasteiger partial charge in [0.1, 0.15) is 0 Å². The van der Waals surface area contributed by atoms with Crippen LogP contribution in [0.3, 0.4) is 0 Å². The minimum Gasteiger partial charge on any atom is -0.317 e. The van der Waals surface area contributed by atoms with Gasteiger partial charge in [-0.25, -0.2) is 4.98 Å². The molecule has 0 radical (unpaired) electrons. The summed E-state index contributed by atoms with van der Waals surface area (Å²) in [5, 5.41) is 3.84. The number of fused-ring (bicyclic) bond motifs is 2. The van der Waals surface area contributed by atoms with Gasteiger partial charge in [-0.3, -0.25) is 9.69 Å². The van der Waals surface area contributed by atoms with Gasteiger partial charge in [0, 0.05) is 6.20 Å². The number of aromatic nitrogens is 1. The van der Waals surface area contributed by atoms with Crippen molar-refractivity contribution in [1.82, 2.24) is 10.3 Å². The predicted octanol–water partition coefficient (Wildman–Crippen LogP) is 3.03. The maximum absolute atomic E-state index is 13.3. The summed E-state index contributed by atoms with van der Waals surface area (Å²) in [6.07, 6.45) is 3.29. The molecule has 112 valence electrons. The van der Waals surface area contributed by atoms with Gasteiger partial charge in [0.05, 0.1) is 16.1 Å². The minimum absolute atomic E-state index is 0.0933. The normalized spacial score (nSPS) is 19.5. The van der Waals surface area contributed by atoms with Gasteiger partial charge in [0.2, 0.25) is 5.91 Å². The highest BCUT2D eigenvalue weighted by Gasteiger charge is 2.52. The molecule has 2 aromatic rings. The van der Waals surface area contributed by atoms with Crippen LogP contribution in [0.25, 0.3) is 0 Å². The molecule has 2 aliphatic heterocycles. The lowest BCUT2D eigenvalue weighted by atomic mass is 9.74. The average Bonchev–Trinajstić information content (AvgIpc) is 2.79. The van der Waals surface area contributed by atoms with Crippen molar-refractivity contribution in [3.63, 3.8) is 0 Å². The maximum atomic E-state index is 13.3. The van der Waals surface area contributed by atoms with Crippen LogP contribution in [0, 0.1) is 0 Å². The summed E-state index contributed by atoms with van der Waals surface area (Å²) in [5.74, 6) is 0.618. The first kappa shape index (κ1) is 13.7. The van der Waals surface area contributed by atoms with E-state index >= 15 is 0 Å². The number of piperidine rings is 1. The van der Waals surface area contributed by atoms with E-state index in [-0.39, 0.29) is 5.91 Å². The van der Waals surface area contributed by atoms with Gasteiger partial charge in [-0.1, -0.05) is 29.8 Å². The molecule has 1 amide bonds. The van der Waals surface area contributed by atoms with E-state index in [9.17, 15) is 4.79 Å². The Morgan fingerprint density at radius 1 is 1.14 bits per heavy atom. The maximum Gasteiger partial charge on any atom is 0.243 e. The smallest absolute Gasteiger partial charge is 0.243 e. The number of halogens is 1. The Balaban J connectivity index is 1.91. The number of carbonyl (C=O) groups excluding carboxylic acids is 1. The zero-order chi connectivity index (χ0) is 15.2. The summed E-state index contributed by atoms with van der Waals surface area (Å²) in [6, 6.07) is 11.5. The number of anilines is 2. The van der Waals surface area contributed by atoms with E-state index < -0.39 is 5.41 Å². The summed E-state index contributed by atoms with van der Waals surface area (Å²) < 4.78 is 0. The third-order valence-corrected chi connectivity index (χ3v) is 4.98. The zero-order valence-corrected chi connectivity index (χ0v) is 12.8. The molecule has 1 fully saturated rings. The summed E-state index contributed by atoms with van der Waals surface area (Å²) >= 11 is 6.29. The van der Waals surface area contributed by atoms with Crippen molar-refractivity contribution in [3.05, 3.63) is 53.2 Å². The molecule has 0 unspecified atom stereocenters. The van der Waals surface area contributed by atoms with Crippen molar-refractivity contribution in [2.45, 2.75) is 18.3 Å². The van der Waals surface area contributed by atoms with Gasteiger partial charge < -0.3 is 5.32 Å². The van der Waals surface area contributed by atoms with Gasteiger partial charge in [-0.15, -0.1) is 0 Å². The third kappa shape index (κ3) is 1.81. The van der Waals surface area contributed by atoms with E-state index in [4.69, 9.17) is 11.6 Å².